The van der Waals surface area contributed by atoms with Crippen molar-refractivity contribution in [1.82, 2.24) is 4.57 Å². The Bertz CT molecular complexity index is 866. The highest BCUT2D eigenvalue weighted by molar-refractivity contribution is 7.86. The lowest BCUT2D eigenvalue weighted by atomic mass is 10.1. The molecule has 0 bridgehead atoms. The number of benzene rings is 1. The van der Waals surface area contributed by atoms with Gasteiger partial charge in [-0.3, -0.25) is 4.57 Å². The van der Waals surface area contributed by atoms with Crippen molar-refractivity contribution in [3.63, 3.8) is 0 Å². The van der Waals surface area contributed by atoms with Gasteiger partial charge in [-0.2, -0.15) is 13.7 Å². The van der Waals surface area contributed by atoms with E-state index in [2.05, 4.69) is 6.07 Å². The van der Waals surface area contributed by atoms with E-state index >= 15 is 0 Å². The van der Waals surface area contributed by atoms with Crippen LogP contribution in [0.15, 0.2) is 24.3 Å². The maximum absolute atomic E-state index is 11.2. The third kappa shape index (κ3) is 3.25. The molecule has 0 fully saturated rings. The van der Waals surface area contributed by atoms with E-state index in [-0.39, 0.29) is 12.3 Å². The molecule has 22 heavy (non-hydrogen) atoms. The summed E-state index contributed by atoms with van der Waals surface area (Å²) in [4.78, 5) is 0. The van der Waals surface area contributed by atoms with Crippen LogP contribution in [-0.2, 0) is 16.7 Å². The van der Waals surface area contributed by atoms with E-state index in [9.17, 15) is 13.7 Å². The van der Waals surface area contributed by atoms with E-state index < -0.39 is 10.1 Å². The highest BCUT2D eigenvalue weighted by Crippen LogP contribution is 2.29. The zero-order valence-corrected chi connectivity index (χ0v) is 13.6. The minimum atomic E-state index is -3.62. The number of nitrogens with two attached hydrogens (primary N) is 1. The molecule has 1 aromatic carbocycles. The summed E-state index contributed by atoms with van der Waals surface area (Å²) in [7, 11) is -3.62. The topological polar surface area (TPSA) is 98.1 Å². The average molecular weight is 340 g/mol. The van der Waals surface area contributed by atoms with Crippen molar-refractivity contribution in [3.8, 4) is 17.5 Å². The van der Waals surface area contributed by atoms with Crippen LogP contribution in [0.3, 0.4) is 0 Å². The predicted molar refractivity (Wildman–Crippen MR) is 83.6 cm³/mol. The minimum Gasteiger partial charge on any atom is -0.383 e. The Hall–Kier alpha value is -2.01. The molecule has 0 radical (unpaired) electrons. The average Bonchev–Trinajstić information content (AvgIpc) is 2.72. The minimum absolute atomic E-state index is 0.134. The molecule has 0 aliphatic rings. The van der Waals surface area contributed by atoms with Gasteiger partial charge >= 0.3 is 10.1 Å². The molecule has 0 amide bonds. The van der Waals surface area contributed by atoms with Gasteiger partial charge in [-0.15, -0.1) is 0 Å². The summed E-state index contributed by atoms with van der Waals surface area (Å²) >= 11 is 6.25. The molecule has 0 aliphatic heterocycles. The number of nitriles is 1. The molecular formula is C14H14ClN3O3S. The van der Waals surface area contributed by atoms with Crippen LogP contribution < -0.4 is 9.92 Å². The van der Waals surface area contributed by atoms with Gasteiger partial charge in [0.1, 0.15) is 22.7 Å². The van der Waals surface area contributed by atoms with Gasteiger partial charge in [0.05, 0.1) is 11.9 Å². The molecule has 0 atom stereocenters. The monoisotopic (exact) mass is 339 g/mol. The Morgan fingerprint density at radius 2 is 2.09 bits per heavy atom. The van der Waals surface area contributed by atoms with Gasteiger partial charge in [-0.1, -0.05) is 11.6 Å². The summed E-state index contributed by atoms with van der Waals surface area (Å²) in [6, 6.07) is 8.37. The third-order valence-electron chi connectivity index (χ3n) is 2.99. The molecule has 1 heterocycles. The van der Waals surface area contributed by atoms with E-state index in [1.807, 2.05) is 0 Å². The van der Waals surface area contributed by atoms with Crippen LogP contribution >= 0.6 is 11.6 Å². The fraction of sp³-hybridized carbons (Fsp3) is 0.214. The molecular weight excluding hydrogens is 326 g/mol. The Labute approximate surface area is 133 Å². The first-order chi connectivity index (χ1) is 10.3. The molecule has 0 saturated heterocycles. The summed E-state index contributed by atoms with van der Waals surface area (Å²) in [5, 5.41) is 9.63. The zero-order valence-electron chi connectivity index (χ0n) is 12.0. The second-order valence-electron chi connectivity index (χ2n) is 4.73. The molecule has 0 saturated carbocycles. The van der Waals surface area contributed by atoms with Crippen LogP contribution in [0.5, 0.6) is 5.75 Å². The van der Waals surface area contributed by atoms with Crippen LogP contribution in [0, 0.1) is 18.3 Å². The van der Waals surface area contributed by atoms with E-state index in [0.717, 1.165) is 11.8 Å². The number of rotatable bonds is 4. The molecule has 116 valence electrons. The fourth-order valence-corrected chi connectivity index (χ4v) is 2.79. The molecule has 0 unspecified atom stereocenters. The molecule has 1 aromatic heterocycles. The summed E-state index contributed by atoms with van der Waals surface area (Å²) in [5.74, 6) is 0.158. The van der Waals surface area contributed by atoms with Crippen LogP contribution in [0.1, 0.15) is 16.8 Å². The highest BCUT2D eigenvalue weighted by Gasteiger charge is 2.16. The summed E-state index contributed by atoms with van der Waals surface area (Å²) in [6.07, 6.45) is 0.961. The number of hydrogen-bond acceptors (Lipinski definition) is 5. The van der Waals surface area contributed by atoms with Gasteiger partial charge in [-0.05, 0) is 42.3 Å². The summed E-state index contributed by atoms with van der Waals surface area (Å²) < 4.78 is 28.8. The first kappa shape index (κ1) is 16.4. The molecule has 6 nitrogen and oxygen atoms in total. The smallest absolute Gasteiger partial charge is 0.306 e. The lowest BCUT2D eigenvalue weighted by Gasteiger charge is -2.13. The van der Waals surface area contributed by atoms with Gasteiger partial charge in [0.2, 0.25) is 0 Å². The number of aromatic nitrogens is 1. The largest absolute Gasteiger partial charge is 0.383 e. The molecule has 2 aromatic rings. The Balaban J connectivity index is 2.61. The van der Waals surface area contributed by atoms with Crippen molar-refractivity contribution in [2.24, 2.45) is 5.73 Å². The standard InChI is InChI=1S/C14H14ClN3O3S/c1-9-5-11(8-17)18(14(9)15)13-4-3-12(6-10(13)7-16)21-22(2,19)20/h3-6H,7,16H2,1-2H3. The third-order valence-corrected chi connectivity index (χ3v) is 3.95. The zero-order chi connectivity index (χ0) is 16.5. The second kappa shape index (κ2) is 6.01. The lowest BCUT2D eigenvalue weighted by Crippen LogP contribution is -2.09. The van der Waals surface area contributed by atoms with Crippen LogP contribution in [0.2, 0.25) is 5.15 Å². The second-order valence-corrected chi connectivity index (χ2v) is 6.67. The lowest BCUT2D eigenvalue weighted by molar-refractivity contribution is 0.492. The van der Waals surface area contributed by atoms with Crippen molar-refractivity contribution in [1.29, 1.82) is 5.26 Å². The van der Waals surface area contributed by atoms with E-state index in [0.29, 0.717) is 22.1 Å². The van der Waals surface area contributed by atoms with Gasteiger partial charge < -0.3 is 9.92 Å². The number of hydrogen-bond donors (Lipinski definition) is 1. The van der Waals surface area contributed by atoms with E-state index in [1.165, 1.54) is 12.1 Å². The predicted octanol–water partition coefficient (Wildman–Crippen LogP) is 2.11. The quantitative estimate of drug-likeness (QED) is 0.860. The van der Waals surface area contributed by atoms with Crippen LogP contribution in [-0.4, -0.2) is 19.2 Å². The van der Waals surface area contributed by atoms with Crippen LogP contribution in [0.25, 0.3) is 5.69 Å². The van der Waals surface area contributed by atoms with Crippen LogP contribution in [0.4, 0.5) is 0 Å². The molecule has 2 N–H and O–H groups in total. The van der Waals surface area contributed by atoms with Crippen molar-refractivity contribution < 1.29 is 12.6 Å². The summed E-state index contributed by atoms with van der Waals surface area (Å²) in [5.41, 5.74) is 8.07. The Kier molecular flexibility index (Phi) is 4.47. The highest BCUT2D eigenvalue weighted by atomic mass is 35.5. The maximum atomic E-state index is 11.2. The molecule has 0 spiro atoms. The van der Waals surface area contributed by atoms with Gasteiger partial charge in [0.25, 0.3) is 0 Å². The normalized spacial score (nSPS) is 11.2. The molecule has 0 aliphatic carbocycles. The van der Waals surface area contributed by atoms with Gasteiger partial charge in [0.15, 0.2) is 0 Å². The van der Waals surface area contributed by atoms with Gasteiger partial charge in [0, 0.05) is 6.54 Å². The Morgan fingerprint density at radius 3 is 2.64 bits per heavy atom. The SMILES string of the molecule is Cc1cc(C#N)n(-c2ccc(OS(C)(=O)=O)cc2CN)c1Cl. The molecule has 2 rings (SSSR count). The van der Waals surface area contributed by atoms with Crippen molar-refractivity contribution in [2.45, 2.75) is 13.5 Å². The number of halogens is 1. The van der Waals surface area contributed by atoms with E-state index in [4.69, 9.17) is 21.5 Å². The summed E-state index contributed by atoms with van der Waals surface area (Å²) in [6.45, 7) is 1.93. The Morgan fingerprint density at radius 1 is 1.41 bits per heavy atom. The fourth-order valence-electron chi connectivity index (χ4n) is 2.10. The number of aryl methyl sites for hydroxylation is 1. The van der Waals surface area contributed by atoms with E-state index in [1.54, 1.807) is 23.6 Å². The van der Waals surface area contributed by atoms with Gasteiger partial charge in [-0.25, -0.2) is 0 Å². The maximum Gasteiger partial charge on any atom is 0.306 e. The molecule has 8 heteroatoms. The number of nitrogens with zero attached hydrogens (tertiary/aromatic N) is 2. The first-order valence-corrected chi connectivity index (χ1v) is 8.47. The van der Waals surface area contributed by atoms with Crippen molar-refractivity contribution >= 4 is 21.7 Å². The van der Waals surface area contributed by atoms with Crippen molar-refractivity contribution in [2.75, 3.05) is 6.26 Å². The first-order valence-electron chi connectivity index (χ1n) is 6.27. The van der Waals surface area contributed by atoms with Crippen molar-refractivity contribution in [3.05, 3.63) is 46.2 Å².